The second kappa shape index (κ2) is 9.04. The molecule has 23 heavy (non-hydrogen) atoms. The van der Waals surface area contributed by atoms with Gasteiger partial charge in [-0.05, 0) is 62.8 Å². The zero-order chi connectivity index (χ0) is 15.2. The topological polar surface area (TPSA) is 16.6 Å². The van der Waals surface area contributed by atoms with E-state index >= 15 is 0 Å². The SMILES string of the molecule is CC(C[NH2+]Cc1ccccc1)=C(c1ccsc1)c1ccsc1.[Cl-]. The van der Waals surface area contributed by atoms with Crippen LogP contribution in [0, 0.1) is 0 Å². The molecule has 0 saturated carbocycles. The van der Waals surface area contributed by atoms with Gasteiger partial charge < -0.3 is 17.7 Å². The fourth-order valence-electron chi connectivity index (χ4n) is 2.64. The number of benzene rings is 1. The van der Waals surface area contributed by atoms with Gasteiger partial charge in [-0.2, -0.15) is 22.7 Å². The Bertz CT molecular complexity index is 680. The van der Waals surface area contributed by atoms with Gasteiger partial charge in [0.15, 0.2) is 0 Å². The molecule has 1 nitrogen and oxygen atoms in total. The number of hydrogen-bond acceptors (Lipinski definition) is 2. The summed E-state index contributed by atoms with van der Waals surface area (Å²) in [7, 11) is 0. The molecule has 0 spiro atoms. The summed E-state index contributed by atoms with van der Waals surface area (Å²) < 4.78 is 0. The van der Waals surface area contributed by atoms with Crippen molar-refractivity contribution in [1.82, 2.24) is 0 Å². The van der Waals surface area contributed by atoms with Gasteiger partial charge in [-0.3, -0.25) is 0 Å². The van der Waals surface area contributed by atoms with Crippen molar-refractivity contribution in [3.63, 3.8) is 0 Å². The third-order valence-electron chi connectivity index (χ3n) is 3.72. The molecule has 0 fully saturated rings. The maximum absolute atomic E-state index is 2.38. The molecule has 3 rings (SSSR count). The van der Waals surface area contributed by atoms with E-state index in [2.05, 4.69) is 76.2 Å². The van der Waals surface area contributed by atoms with Gasteiger partial charge in [-0.15, -0.1) is 0 Å². The zero-order valence-corrected chi connectivity index (χ0v) is 15.4. The average molecular weight is 362 g/mol. The third kappa shape index (κ3) is 4.79. The Balaban J connectivity index is 0.00000192. The number of quaternary nitrogens is 1. The molecule has 0 amide bonds. The van der Waals surface area contributed by atoms with Crippen LogP contribution in [0.3, 0.4) is 0 Å². The molecule has 2 heterocycles. The molecule has 4 heteroatoms. The van der Waals surface area contributed by atoms with E-state index in [0.717, 1.165) is 13.1 Å². The molecular weight excluding hydrogens is 342 g/mol. The lowest BCUT2D eigenvalue weighted by atomic mass is 9.98. The lowest BCUT2D eigenvalue weighted by molar-refractivity contribution is -0.663. The second-order valence-electron chi connectivity index (χ2n) is 5.36. The van der Waals surface area contributed by atoms with Crippen LogP contribution < -0.4 is 17.7 Å². The number of hydrogen-bond donors (Lipinski definition) is 1. The monoisotopic (exact) mass is 361 g/mol. The highest BCUT2D eigenvalue weighted by Crippen LogP contribution is 2.29. The number of rotatable bonds is 6. The number of thiophene rings is 2. The standard InChI is InChI=1S/C19H19NS2.ClH/c1-15(11-20-12-16-5-3-2-4-6-16)19(17-7-9-21-13-17)18-8-10-22-14-18;/h2-10,13-14,20H,11-12H2,1H3;1H. The molecule has 0 aliphatic carbocycles. The molecule has 0 radical (unpaired) electrons. The van der Waals surface area contributed by atoms with Gasteiger partial charge in [0.2, 0.25) is 0 Å². The predicted octanol–water partition coefficient (Wildman–Crippen LogP) is 1.40. The van der Waals surface area contributed by atoms with E-state index in [0.29, 0.717) is 0 Å². The summed E-state index contributed by atoms with van der Waals surface area (Å²) in [4.78, 5) is 0. The van der Waals surface area contributed by atoms with E-state index in [1.165, 1.54) is 27.8 Å². The lowest BCUT2D eigenvalue weighted by Gasteiger charge is -2.10. The molecule has 0 aliphatic rings. The predicted molar refractivity (Wildman–Crippen MR) is 97.3 cm³/mol. The molecular formula is C19H20ClNS2. The number of nitrogens with two attached hydrogens (primary N) is 1. The molecule has 0 atom stereocenters. The third-order valence-corrected chi connectivity index (χ3v) is 5.09. The molecule has 0 bridgehead atoms. The van der Waals surface area contributed by atoms with E-state index in [-0.39, 0.29) is 12.4 Å². The van der Waals surface area contributed by atoms with Crippen molar-refractivity contribution in [1.29, 1.82) is 0 Å². The summed E-state index contributed by atoms with van der Waals surface area (Å²) in [6.45, 7) is 4.31. The minimum absolute atomic E-state index is 0. The van der Waals surface area contributed by atoms with E-state index in [1.807, 2.05) is 0 Å². The van der Waals surface area contributed by atoms with Gasteiger partial charge in [-0.25, -0.2) is 0 Å². The van der Waals surface area contributed by atoms with Crippen LogP contribution in [0.4, 0.5) is 0 Å². The Labute approximate surface area is 152 Å². The van der Waals surface area contributed by atoms with Gasteiger partial charge in [0, 0.05) is 5.56 Å². The first kappa shape index (κ1) is 18.0. The lowest BCUT2D eigenvalue weighted by Crippen LogP contribution is -3.00. The molecule has 0 saturated heterocycles. The van der Waals surface area contributed by atoms with Gasteiger partial charge in [0.25, 0.3) is 0 Å². The van der Waals surface area contributed by atoms with Gasteiger partial charge in [0.05, 0.1) is 6.54 Å². The largest absolute Gasteiger partial charge is 1.00 e. The van der Waals surface area contributed by atoms with E-state index in [4.69, 9.17) is 0 Å². The fourth-order valence-corrected chi connectivity index (χ4v) is 3.94. The molecule has 1 aromatic carbocycles. The Kier molecular flexibility index (Phi) is 7.06. The number of halogens is 1. The highest BCUT2D eigenvalue weighted by Gasteiger charge is 2.11. The normalized spacial score (nSPS) is 10.1. The van der Waals surface area contributed by atoms with Crippen LogP contribution in [0.1, 0.15) is 23.6 Å². The van der Waals surface area contributed by atoms with Crippen LogP contribution >= 0.6 is 22.7 Å². The summed E-state index contributed by atoms with van der Waals surface area (Å²) in [5.74, 6) is 0. The Morgan fingerprint density at radius 1 is 0.913 bits per heavy atom. The molecule has 0 unspecified atom stereocenters. The highest BCUT2D eigenvalue weighted by molar-refractivity contribution is 7.08. The first-order chi connectivity index (χ1) is 10.8. The van der Waals surface area contributed by atoms with Crippen LogP contribution in [0.2, 0.25) is 0 Å². The van der Waals surface area contributed by atoms with Gasteiger partial charge in [0.1, 0.15) is 6.54 Å². The minimum Gasteiger partial charge on any atom is -1.00 e. The average Bonchev–Trinajstić information content (AvgIpc) is 3.23. The van der Waals surface area contributed by atoms with Crippen molar-refractivity contribution in [2.24, 2.45) is 0 Å². The van der Waals surface area contributed by atoms with Crippen molar-refractivity contribution >= 4 is 28.2 Å². The molecule has 0 aliphatic heterocycles. The van der Waals surface area contributed by atoms with Crippen molar-refractivity contribution in [3.05, 3.63) is 86.2 Å². The van der Waals surface area contributed by atoms with Gasteiger partial charge >= 0.3 is 0 Å². The van der Waals surface area contributed by atoms with E-state index in [9.17, 15) is 0 Å². The van der Waals surface area contributed by atoms with Crippen LogP contribution in [0.5, 0.6) is 0 Å². The summed E-state index contributed by atoms with van der Waals surface area (Å²) in [5.41, 5.74) is 6.89. The van der Waals surface area contributed by atoms with Crippen molar-refractivity contribution in [2.45, 2.75) is 13.5 Å². The highest BCUT2D eigenvalue weighted by atomic mass is 35.5. The summed E-state index contributed by atoms with van der Waals surface area (Å²) in [6.07, 6.45) is 0. The Morgan fingerprint density at radius 3 is 2.04 bits per heavy atom. The maximum Gasteiger partial charge on any atom is 0.101 e. The molecule has 3 aromatic rings. The zero-order valence-electron chi connectivity index (χ0n) is 13.0. The Morgan fingerprint density at radius 2 is 1.52 bits per heavy atom. The quantitative estimate of drug-likeness (QED) is 0.683. The molecule has 120 valence electrons. The Hall–Kier alpha value is -1.39. The summed E-state index contributed by atoms with van der Waals surface area (Å²) in [6, 6.07) is 15.1. The van der Waals surface area contributed by atoms with Crippen LogP contribution in [0.25, 0.3) is 5.57 Å². The maximum atomic E-state index is 2.38. The first-order valence-corrected chi connectivity index (χ1v) is 9.33. The summed E-state index contributed by atoms with van der Waals surface area (Å²) >= 11 is 3.52. The fraction of sp³-hybridized carbons (Fsp3) is 0.158. The van der Waals surface area contributed by atoms with Gasteiger partial charge in [-0.1, -0.05) is 30.3 Å². The van der Waals surface area contributed by atoms with Crippen LogP contribution in [0.15, 0.2) is 69.6 Å². The molecule has 2 aromatic heterocycles. The van der Waals surface area contributed by atoms with Crippen molar-refractivity contribution in [3.8, 4) is 0 Å². The molecule has 2 N–H and O–H groups in total. The van der Waals surface area contributed by atoms with Crippen molar-refractivity contribution in [2.75, 3.05) is 6.54 Å². The summed E-state index contributed by atoms with van der Waals surface area (Å²) in [5, 5.41) is 11.2. The van der Waals surface area contributed by atoms with E-state index in [1.54, 1.807) is 22.7 Å². The van der Waals surface area contributed by atoms with E-state index < -0.39 is 0 Å². The first-order valence-electron chi connectivity index (χ1n) is 7.45. The second-order valence-corrected chi connectivity index (χ2v) is 6.92. The van der Waals surface area contributed by atoms with Crippen LogP contribution in [-0.2, 0) is 6.54 Å². The van der Waals surface area contributed by atoms with Crippen molar-refractivity contribution < 1.29 is 17.7 Å². The van der Waals surface area contributed by atoms with Crippen LogP contribution in [-0.4, -0.2) is 6.54 Å². The minimum atomic E-state index is 0. The smallest absolute Gasteiger partial charge is 0.101 e.